The number of nitrogens with one attached hydrogen (secondary N) is 1. The molecule has 0 atom stereocenters. The minimum Gasteiger partial charge on any atom is -0.341 e. The molecular weight excluding hydrogens is 299 g/mol. The summed E-state index contributed by atoms with van der Waals surface area (Å²) < 4.78 is 12.5. The van der Waals surface area contributed by atoms with Crippen molar-refractivity contribution in [3.63, 3.8) is 0 Å². The summed E-state index contributed by atoms with van der Waals surface area (Å²) in [6.45, 7) is 0. The molecule has 0 spiro atoms. The number of benzene rings is 1. The van der Waals surface area contributed by atoms with Gasteiger partial charge in [-0.25, -0.2) is 9.18 Å². The first-order valence-electron chi connectivity index (χ1n) is 5.74. The van der Waals surface area contributed by atoms with Crippen LogP contribution in [-0.2, 0) is 5.75 Å². The molecule has 1 N–H and O–H groups in total. The molecule has 0 unspecified atom stereocenters. The van der Waals surface area contributed by atoms with Crippen molar-refractivity contribution in [3.05, 3.63) is 35.1 Å². The van der Waals surface area contributed by atoms with Gasteiger partial charge in [0.05, 0.1) is 0 Å². The maximum absolute atomic E-state index is 12.5. The number of fused-ring (bicyclic) bond motifs is 2. The molecule has 5 nitrogen and oxygen atoms in total. The highest BCUT2D eigenvalue weighted by molar-refractivity contribution is 7.98. The molecule has 2 bridgehead atoms. The lowest BCUT2D eigenvalue weighted by molar-refractivity contribution is 0.249. The van der Waals surface area contributed by atoms with Crippen LogP contribution in [0.3, 0.4) is 0 Å². The molecule has 3 rings (SSSR count). The summed E-state index contributed by atoms with van der Waals surface area (Å²) in [5.74, 6) is 0.840. The number of nitrogens with zero attached hydrogens (tertiary/aromatic N) is 3. The first-order valence-corrected chi connectivity index (χ1v) is 7.60. The molecule has 1 aliphatic heterocycles. The number of anilines is 1. The molecule has 0 radical (unpaired) electrons. The molecule has 2 amide bonds. The second-order valence-electron chi connectivity index (χ2n) is 3.92. The van der Waals surface area contributed by atoms with E-state index >= 15 is 0 Å². The van der Waals surface area contributed by atoms with Crippen LogP contribution in [-0.4, -0.2) is 30.3 Å². The number of carbonyl (C=O) groups excluding carboxylic acids is 1. The van der Waals surface area contributed by atoms with E-state index in [1.54, 1.807) is 43.5 Å². The Morgan fingerprint density at radius 2 is 2.25 bits per heavy atom. The number of carbonyl (C=O) groups is 1. The van der Waals surface area contributed by atoms with Gasteiger partial charge in [0.25, 0.3) is 0 Å². The van der Waals surface area contributed by atoms with Gasteiger partial charge in [0.2, 0.25) is 5.13 Å². The first-order chi connectivity index (χ1) is 9.60. The zero-order valence-electron chi connectivity index (χ0n) is 11.0. The van der Waals surface area contributed by atoms with Gasteiger partial charge in [0, 0.05) is 24.7 Å². The Kier molecular flexibility index (Phi) is 4.91. The van der Waals surface area contributed by atoms with Gasteiger partial charge in [0.1, 0.15) is 11.3 Å². The number of rotatable bonds is 1. The van der Waals surface area contributed by atoms with E-state index in [1.165, 1.54) is 16.2 Å². The molecule has 1 aliphatic rings. The van der Waals surface area contributed by atoms with Crippen LogP contribution in [0.15, 0.2) is 28.6 Å². The largest absolute Gasteiger partial charge is 0.341 e. The number of hydrogen-bond acceptors (Lipinski definition) is 5. The molecule has 106 valence electrons. The Morgan fingerprint density at radius 3 is 2.85 bits per heavy atom. The van der Waals surface area contributed by atoms with Crippen LogP contribution in [0.2, 0.25) is 0 Å². The van der Waals surface area contributed by atoms with E-state index in [1.807, 2.05) is 6.07 Å². The lowest BCUT2D eigenvalue weighted by Gasteiger charge is -2.10. The van der Waals surface area contributed by atoms with Crippen molar-refractivity contribution < 1.29 is 9.18 Å². The standard InChI is InChI=1S/C7H5FS.C5H8N4OS/c8-6-1-5-2-7(3-6)9-4-5;1-6-4(10)9(2)5-8-7-3-11-5/h1-3H,4H2;3H,1-2H3,(H,6,10). The van der Waals surface area contributed by atoms with Crippen molar-refractivity contribution in [3.8, 4) is 0 Å². The molecular formula is C12H13FN4OS2. The van der Waals surface area contributed by atoms with Gasteiger partial charge in [-0.15, -0.1) is 22.0 Å². The maximum Gasteiger partial charge on any atom is 0.323 e. The third-order valence-corrected chi connectivity index (χ3v) is 4.30. The fourth-order valence-electron chi connectivity index (χ4n) is 1.52. The third-order valence-electron chi connectivity index (χ3n) is 2.49. The Bertz CT molecular complexity index is 569. The number of aromatic nitrogens is 2. The zero-order chi connectivity index (χ0) is 14.5. The quantitative estimate of drug-likeness (QED) is 0.879. The van der Waals surface area contributed by atoms with Crippen LogP contribution in [0.25, 0.3) is 0 Å². The zero-order valence-corrected chi connectivity index (χ0v) is 12.6. The summed E-state index contributed by atoms with van der Waals surface area (Å²) in [6, 6.07) is 4.99. The summed E-state index contributed by atoms with van der Waals surface area (Å²) in [6.07, 6.45) is 0. The van der Waals surface area contributed by atoms with Gasteiger partial charge in [-0.05, 0) is 23.8 Å². The summed E-state index contributed by atoms with van der Waals surface area (Å²) >= 11 is 3.01. The van der Waals surface area contributed by atoms with E-state index in [9.17, 15) is 9.18 Å². The molecule has 2 aromatic rings. The van der Waals surface area contributed by atoms with Crippen LogP contribution in [0, 0.1) is 5.82 Å². The van der Waals surface area contributed by atoms with Crippen LogP contribution in [0.4, 0.5) is 14.3 Å². The fraction of sp³-hybridized carbons (Fsp3) is 0.250. The molecule has 0 saturated heterocycles. The SMILES string of the molecule is CNC(=O)N(C)c1nncs1.Fc1cc2cc(c1)SC2. The monoisotopic (exact) mass is 312 g/mol. The lowest BCUT2D eigenvalue weighted by atomic mass is 10.2. The summed E-state index contributed by atoms with van der Waals surface area (Å²) in [7, 11) is 3.21. The summed E-state index contributed by atoms with van der Waals surface area (Å²) in [5, 5.41) is 10.4. The van der Waals surface area contributed by atoms with E-state index in [0.717, 1.165) is 16.2 Å². The molecule has 20 heavy (non-hydrogen) atoms. The predicted octanol–water partition coefficient (Wildman–Crippen LogP) is 2.75. The fourth-order valence-corrected chi connectivity index (χ4v) is 2.98. The van der Waals surface area contributed by atoms with Gasteiger partial charge in [-0.3, -0.25) is 4.90 Å². The van der Waals surface area contributed by atoms with E-state index in [4.69, 9.17) is 0 Å². The van der Waals surface area contributed by atoms with Crippen molar-refractivity contribution in [1.29, 1.82) is 0 Å². The number of halogens is 1. The van der Waals surface area contributed by atoms with E-state index in [2.05, 4.69) is 15.5 Å². The van der Waals surface area contributed by atoms with Gasteiger partial charge >= 0.3 is 6.03 Å². The highest BCUT2D eigenvalue weighted by Crippen LogP contribution is 2.31. The topological polar surface area (TPSA) is 58.1 Å². The lowest BCUT2D eigenvalue weighted by Crippen LogP contribution is -2.34. The second kappa shape index (κ2) is 6.67. The average Bonchev–Trinajstić information content (AvgIpc) is 3.07. The predicted molar refractivity (Wildman–Crippen MR) is 78.7 cm³/mol. The van der Waals surface area contributed by atoms with E-state index in [-0.39, 0.29) is 11.8 Å². The molecule has 2 heterocycles. The Morgan fingerprint density at radius 1 is 1.45 bits per heavy atom. The van der Waals surface area contributed by atoms with Gasteiger partial charge in [-0.2, -0.15) is 0 Å². The Balaban J connectivity index is 0.000000149. The Labute approximate surface area is 124 Å². The number of thioether (sulfide) groups is 1. The second-order valence-corrected chi connectivity index (χ2v) is 5.78. The number of urea groups is 1. The van der Waals surface area contributed by atoms with Gasteiger partial charge in [-0.1, -0.05) is 11.3 Å². The van der Waals surface area contributed by atoms with E-state index < -0.39 is 0 Å². The molecule has 0 saturated carbocycles. The molecule has 0 fully saturated rings. The van der Waals surface area contributed by atoms with Crippen LogP contribution < -0.4 is 10.2 Å². The first kappa shape index (κ1) is 14.7. The van der Waals surface area contributed by atoms with Crippen molar-refractivity contribution in [2.24, 2.45) is 0 Å². The average molecular weight is 312 g/mol. The van der Waals surface area contributed by atoms with Crippen LogP contribution in [0.5, 0.6) is 0 Å². The molecule has 0 aliphatic carbocycles. The van der Waals surface area contributed by atoms with Crippen LogP contribution >= 0.6 is 23.1 Å². The molecule has 1 aromatic carbocycles. The van der Waals surface area contributed by atoms with Crippen molar-refractivity contribution >= 4 is 34.3 Å². The van der Waals surface area contributed by atoms with E-state index in [0.29, 0.717) is 5.13 Å². The minimum absolute atomic E-state index is 0.104. The van der Waals surface area contributed by atoms with Crippen molar-refractivity contribution in [2.75, 3.05) is 19.0 Å². The molecule has 8 heteroatoms. The summed E-state index contributed by atoms with van der Waals surface area (Å²) in [5.41, 5.74) is 2.68. The molecule has 1 aromatic heterocycles. The third kappa shape index (κ3) is 3.67. The van der Waals surface area contributed by atoms with Crippen molar-refractivity contribution in [1.82, 2.24) is 15.5 Å². The Hall–Kier alpha value is -1.67. The highest BCUT2D eigenvalue weighted by Gasteiger charge is 2.10. The van der Waals surface area contributed by atoms with Crippen LogP contribution in [0.1, 0.15) is 5.56 Å². The highest BCUT2D eigenvalue weighted by atomic mass is 32.2. The van der Waals surface area contributed by atoms with Crippen molar-refractivity contribution in [2.45, 2.75) is 10.6 Å². The summed E-state index contributed by atoms with van der Waals surface area (Å²) in [4.78, 5) is 13.4. The normalized spacial score (nSPS) is 11.6. The number of hydrogen-bond donors (Lipinski definition) is 1. The number of amides is 2. The smallest absolute Gasteiger partial charge is 0.323 e. The van der Waals surface area contributed by atoms with Gasteiger partial charge in [0.15, 0.2) is 0 Å². The minimum atomic E-state index is -0.193. The maximum atomic E-state index is 12.5. The van der Waals surface area contributed by atoms with Gasteiger partial charge < -0.3 is 5.32 Å².